The summed E-state index contributed by atoms with van der Waals surface area (Å²) in [4.78, 5) is 27.1. The number of amides is 2. The van der Waals surface area contributed by atoms with E-state index in [1.165, 1.54) is 6.08 Å². The van der Waals surface area contributed by atoms with Gasteiger partial charge in [0.1, 0.15) is 17.3 Å². The Labute approximate surface area is 178 Å². The monoisotopic (exact) mass is 420 g/mol. The van der Waals surface area contributed by atoms with E-state index in [1.807, 2.05) is 31.2 Å². The van der Waals surface area contributed by atoms with Gasteiger partial charge in [-0.15, -0.1) is 0 Å². The molecule has 8 nitrogen and oxygen atoms in total. The first-order valence-corrected chi connectivity index (χ1v) is 9.60. The number of cyclic esters (lactones) is 1. The van der Waals surface area contributed by atoms with Gasteiger partial charge in [-0.3, -0.25) is 10.1 Å². The molecule has 1 aliphatic rings. The molecule has 0 saturated carbocycles. The van der Waals surface area contributed by atoms with Gasteiger partial charge in [-0.25, -0.2) is 9.78 Å². The van der Waals surface area contributed by atoms with Crippen LogP contribution in [0, 0.1) is 6.92 Å². The summed E-state index contributed by atoms with van der Waals surface area (Å²) >= 11 is 0. The number of hydrogen-bond donors (Lipinski definition) is 1. The van der Waals surface area contributed by atoms with Gasteiger partial charge in [0.15, 0.2) is 5.76 Å². The number of ether oxygens (including phenoxy) is 3. The highest BCUT2D eigenvalue weighted by Crippen LogP contribution is 2.24. The molecule has 1 fully saturated rings. The maximum absolute atomic E-state index is 11.5. The van der Waals surface area contributed by atoms with Gasteiger partial charge in [0.05, 0.1) is 19.4 Å². The maximum atomic E-state index is 11.5. The highest BCUT2D eigenvalue weighted by atomic mass is 16.6. The Morgan fingerprint density at radius 3 is 2.39 bits per heavy atom. The van der Waals surface area contributed by atoms with Gasteiger partial charge >= 0.3 is 6.09 Å². The van der Waals surface area contributed by atoms with Crippen LogP contribution in [0.4, 0.5) is 4.79 Å². The summed E-state index contributed by atoms with van der Waals surface area (Å²) in [7, 11) is 1.62. The second kappa shape index (κ2) is 8.74. The summed E-state index contributed by atoms with van der Waals surface area (Å²) in [5.41, 5.74) is 2.42. The van der Waals surface area contributed by atoms with Crippen molar-refractivity contribution in [2.24, 2.45) is 0 Å². The number of aromatic nitrogens is 1. The van der Waals surface area contributed by atoms with E-state index in [0.29, 0.717) is 30.2 Å². The number of alkyl carbamates (subject to hydrolysis) is 1. The van der Waals surface area contributed by atoms with E-state index in [2.05, 4.69) is 10.3 Å². The molecule has 158 valence electrons. The minimum Gasteiger partial charge on any atom is -0.497 e. The first-order valence-electron chi connectivity index (χ1n) is 9.60. The van der Waals surface area contributed by atoms with Crippen molar-refractivity contribution < 1.29 is 28.2 Å². The lowest BCUT2D eigenvalue weighted by atomic mass is 10.2. The number of aryl methyl sites for hydroxylation is 1. The van der Waals surface area contributed by atoms with Crippen molar-refractivity contribution in [1.29, 1.82) is 0 Å². The number of nitrogens with one attached hydrogen (secondary N) is 1. The number of oxazole rings is 1. The summed E-state index contributed by atoms with van der Waals surface area (Å²) < 4.78 is 21.5. The summed E-state index contributed by atoms with van der Waals surface area (Å²) in [6.07, 6.45) is 1.31. The molecule has 0 unspecified atom stereocenters. The van der Waals surface area contributed by atoms with Crippen LogP contribution in [-0.4, -0.2) is 30.7 Å². The van der Waals surface area contributed by atoms with E-state index in [0.717, 1.165) is 22.8 Å². The lowest BCUT2D eigenvalue weighted by Crippen LogP contribution is -2.18. The van der Waals surface area contributed by atoms with Gasteiger partial charge < -0.3 is 18.6 Å². The maximum Gasteiger partial charge on any atom is 0.419 e. The Hall–Kier alpha value is -4.07. The van der Waals surface area contributed by atoms with E-state index >= 15 is 0 Å². The molecule has 3 aromatic rings. The van der Waals surface area contributed by atoms with Crippen LogP contribution in [0.25, 0.3) is 17.5 Å². The fraction of sp³-hybridized carbons (Fsp3) is 0.174. The predicted molar refractivity (Wildman–Crippen MR) is 111 cm³/mol. The minimum absolute atomic E-state index is 0.0344. The number of hydrogen-bond acceptors (Lipinski definition) is 7. The van der Waals surface area contributed by atoms with Crippen molar-refractivity contribution in [3.63, 3.8) is 0 Å². The number of imide groups is 1. The lowest BCUT2D eigenvalue weighted by Gasteiger charge is -2.05. The van der Waals surface area contributed by atoms with Crippen LogP contribution in [0.15, 0.2) is 58.7 Å². The Bertz CT molecular complexity index is 1130. The van der Waals surface area contributed by atoms with Gasteiger partial charge in [-0.1, -0.05) is 12.1 Å². The standard InChI is InChI=1S/C23H20N2O6/c1-14-19(24-22(30-14)16-5-9-17(28-2)10-6-16)11-12-29-18-7-3-15(4-8-18)13-20-21(26)25-23(27)31-20/h3-10,13H,11-12H2,1-2H3,(H,25,26,27). The molecular formula is C23H20N2O6. The third-order valence-corrected chi connectivity index (χ3v) is 4.66. The highest BCUT2D eigenvalue weighted by Gasteiger charge is 2.25. The summed E-state index contributed by atoms with van der Waals surface area (Å²) in [5, 5.41) is 2.05. The van der Waals surface area contributed by atoms with E-state index in [-0.39, 0.29) is 5.76 Å². The molecular weight excluding hydrogens is 400 g/mol. The SMILES string of the molecule is COc1ccc(-c2nc(CCOc3ccc(C=C4OC(=O)NC4=O)cc3)c(C)o2)cc1. The quantitative estimate of drug-likeness (QED) is 0.579. The van der Waals surface area contributed by atoms with Crippen LogP contribution >= 0.6 is 0 Å². The average Bonchev–Trinajstić information content (AvgIpc) is 3.30. The molecule has 4 rings (SSSR count). The highest BCUT2D eigenvalue weighted by molar-refractivity contribution is 6.09. The third kappa shape index (κ3) is 4.75. The smallest absolute Gasteiger partial charge is 0.419 e. The number of carbonyl (C=O) groups is 2. The van der Waals surface area contributed by atoms with Crippen molar-refractivity contribution >= 4 is 18.1 Å². The third-order valence-electron chi connectivity index (χ3n) is 4.66. The van der Waals surface area contributed by atoms with Crippen LogP contribution in [0.5, 0.6) is 11.5 Å². The van der Waals surface area contributed by atoms with Gasteiger partial charge in [0, 0.05) is 12.0 Å². The Kier molecular flexibility index (Phi) is 5.70. The molecule has 1 aromatic heterocycles. The Morgan fingerprint density at radius 2 is 1.74 bits per heavy atom. The van der Waals surface area contributed by atoms with Crippen LogP contribution in [0.1, 0.15) is 17.0 Å². The zero-order valence-corrected chi connectivity index (χ0v) is 17.0. The number of carbonyl (C=O) groups excluding carboxylic acids is 2. The van der Waals surface area contributed by atoms with Crippen molar-refractivity contribution in [3.8, 4) is 23.0 Å². The topological polar surface area (TPSA) is 99.9 Å². The molecule has 0 atom stereocenters. The number of methoxy groups -OCH3 is 1. The van der Waals surface area contributed by atoms with Gasteiger partial charge in [0.25, 0.3) is 5.91 Å². The van der Waals surface area contributed by atoms with Crippen LogP contribution in [0.2, 0.25) is 0 Å². The van der Waals surface area contributed by atoms with Crippen LogP contribution in [0.3, 0.4) is 0 Å². The van der Waals surface area contributed by atoms with Crippen molar-refractivity contribution in [3.05, 3.63) is 71.3 Å². The van der Waals surface area contributed by atoms with Gasteiger partial charge in [-0.05, 0) is 55.0 Å². The molecule has 2 aromatic carbocycles. The molecule has 0 aliphatic carbocycles. The zero-order valence-electron chi connectivity index (χ0n) is 17.0. The molecule has 0 spiro atoms. The molecule has 31 heavy (non-hydrogen) atoms. The zero-order chi connectivity index (χ0) is 21.8. The van der Waals surface area contributed by atoms with E-state index < -0.39 is 12.0 Å². The number of benzene rings is 2. The molecule has 8 heteroatoms. The van der Waals surface area contributed by atoms with Crippen molar-refractivity contribution in [2.45, 2.75) is 13.3 Å². The minimum atomic E-state index is -0.769. The summed E-state index contributed by atoms with van der Waals surface area (Å²) in [6, 6.07) is 14.6. The first-order chi connectivity index (χ1) is 15.0. The largest absolute Gasteiger partial charge is 0.497 e. The Morgan fingerprint density at radius 1 is 1.03 bits per heavy atom. The average molecular weight is 420 g/mol. The van der Waals surface area contributed by atoms with Crippen LogP contribution < -0.4 is 14.8 Å². The molecule has 1 saturated heterocycles. The molecule has 2 heterocycles. The second-order valence-corrected chi connectivity index (χ2v) is 6.77. The van der Waals surface area contributed by atoms with Gasteiger partial charge in [0.2, 0.25) is 5.89 Å². The fourth-order valence-electron chi connectivity index (χ4n) is 3.02. The van der Waals surface area contributed by atoms with E-state index in [4.69, 9.17) is 18.6 Å². The predicted octanol–water partition coefficient (Wildman–Crippen LogP) is 3.89. The van der Waals surface area contributed by atoms with E-state index in [9.17, 15) is 9.59 Å². The summed E-state index contributed by atoms with van der Waals surface area (Å²) in [5.74, 6) is 2.17. The van der Waals surface area contributed by atoms with Gasteiger partial charge in [-0.2, -0.15) is 0 Å². The van der Waals surface area contributed by atoms with E-state index in [1.54, 1.807) is 31.4 Å². The normalized spacial score (nSPS) is 14.5. The van der Waals surface area contributed by atoms with Crippen LogP contribution in [-0.2, 0) is 16.0 Å². The molecule has 0 radical (unpaired) electrons. The molecule has 0 bridgehead atoms. The molecule has 1 aliphatic heterocycles. The molecule has 1 N–H and O–H groups in total. The summed E-state index contributed by atoms with van der Waals surface area (Å²) in [6.45, 7) is 2.31. The number of rotatable bonds is 7. The molecule has 2 amide bonds. The first kappa shape index (κ1) is 20.2. The second-order valence-electron chi connectivity index (χ2n) is 6.77. The number of nitrogens with zero attached hydrogens (tertiary/aromatic N) is 1. The van der Waals surface area contributed by atoms with Crippen molar-refractivity contribution in [2.75, 3.05) is 13.7 Å². The van der Waals surface area contributed by atoms with Crippen molar-refractivity contribution in [1.82, 2.24) is 10.3 Å². The lowest BCUT2D eigenvalue weighted by molar-refractivity contribution is -0.116. The Balaban J connectivity index is 1.34. The fourth-order valence-corrected chi connectivity index (χ4v) is 3.02.